The highest BCUT2D eigenvalue weighted by atomic mass is 16.3. The molecule has 102 valence electrons. The molecule has 0 saturated heterocycles. The zero-order valence-corrected chi connectivity index (χ0v) is 11.5. The van der Waals surface area contributed by atoms with E-state index in [0.717, 1.165) is 22.2 Å². The van der Waals surface area contributed by atoms with Gasteiger partial charge in [-0.2, -0.15) is 0 Å². The summed E-state index contributed by atoms with van der Waals surface area (Å²) in [6, 6.07) is 9.55. The van der Waals surface area contributed by atoms with E-state index in [1.54, 1.807) is 18.2 Å². The molecule has 1 amide bonds. The Hall–Kier alpha value is -2.49. The number of carbonyl (C=O) groups is 1. The van der Waals surface area contributed by atoms with Crippen LogP contribution >= 0.6 is 0 Å². The number of carbonyl (C=O) groups excluding carboxylic acids is 1. The number of hydrogen-bond donors (Lipinski definition) is 1. The third-order valence-corrected chi connectivity index (χ3v) is 3.52. The molecule has 0 fully saturated rings. The largest absolute Gasteiger partial charge is 0.469 e. The van der Waals surface area contributed by atoms with Gasteiger partial charge in [0.2, 0.25) is 0 Å². The highest BCUT2D eigenvalue weighted by molar-refractivity contribution is 5.97. The van der Waals surface area contributed by atoms with E-state index in [1.807, 2.05) is 43.5 Å². The van der Waals surface area contributed by atoms with Gasteiger partial charge in [0.1, 0.15) is 5.76 Å². The van der Waals surface area contributed by atoms with Crippen molar-refractivity contribution in [1.29, 1.82) is 0 Å². The highest BCUT2D eigenvalue weighted by Gasteiger charge is 2.14. The molecule has 0 spiro atoms. The van der Waals surface area contributed by atoms with Crippen LogP contribution in [0.2, 0.25) is 0 Å². The monoisotopic (exact) mass is 268 g/mol. The van der Waals surface area contributed by atoms with Crippen LogP contribution in [-0.4, -0.2) is 22.8 Å². The molecule has 3 aromatic rings. The maximum Gasteiger partial charge on any atom is 0.253 e. The molecule has 1 N–H and O–H groups in total. The van der Waals surface area contributed by atoms with Gasteiger partial charge in [0.25, 0.3) is 5.91 Å². The minimum Gasteiger partial charge on any atom is -0.469 e. The van der Waals surface area contributed by atoms with Gasteiger partial charge in [-0.3, -0.25) is 4.79 Å². The van der Waals surface area contributed by atoms with Gasteiger partial charge in [0, 0.05) is 41.8 Å². The SMILES string of the molecule is Cc1occc1CN(C)C(=O)c1ccc2[nH]ccc2c1. The summed E-state index contributed by atoms with van der Waals surface area (Å²) in [6.45, 7) is 2.45. The lowest BCUT2D eigenvalue weighted by molar-refractivity contribution is 0.0785. The number of aromatic amines is 1. The molecule has 0 aliphatic rings. The zero-order valence-electron chi connectivity index (χ0n) is 11.5. The minimum atomic E-state index is 0.00806. The molecule has 0 bridgehead atoms. The lowest BCUT2D eigenvalue weighted by atomic mass is 10.1. The van der Waals surface area contributed by atoms with E-state index in [-0.39, 0.29) is 5.91 Å². The lowest BCUT2D eigenvalue weighted by Gasteiger charge is -2.16. The molecule has 1 aromatic carbocycles. The quantitative estimate of drug-likeness (QED) is 0.792. The van der Waals surface area contributed by atoms with E-state index in [9.17, 15) is 4.79 Å². The van der Waals surface area contributed by atoms with Crippen LogP contribution in [0.15, 0.2) is 47.2 Å². The molecule has 0 aliphatic carbocycles. The van der Waals surface area contributed by atoms with Crippen molar-refractivity contribution in [3.05, 3.63) is 59.7 Å². The van der Waals surface area contributed by atoms with Crippen molar-refractivity contribution >= 4 is 16.8 Å². The van der Waals surface area contributed by atoms with Crippen LogP contribution in [0.4, 0.5) is 0 Å². The summed E-state index contributed by atoms with van der Waals surface area (Å²) in [4.78, 5) is 17.3. The van der Waals surface area contributed by atoms with Crippen LogP contribution in [-0.2, 0) is 6.54 Å². The fourth-order valence-corrected chi connectivity index (χ4v) is 2.31. The minimum absolute atomic E-state index is 0.00806. The number of aromatic nitrogens is 1. The summed E-state index contributed by atoms with van der Waals surface area (Å²) in [5.74, 6) is 0.861. The van der Waals surface area contributed by atoms with E-state index < -0.39 is 0 Å². The predicted molar refractivity (Wildman–Crippen MR) is 77.5 cm³/mol. The number of furan rings is 1. The number of nitrogens with zero attached hydrogens (tertiary/aromatic N) is 1. The number of hydrogen-bond acceptors (Lipinski definition) is 2. The van der Waals surface area contributed by atoms with Crippen LogP contribution in [0.1, 0.15) is 21.7 Å². The van der Waals surface area contributed by atoms with Crippen molar-refractivity contribution in [2.45, 2.75) is 13.5 Å². The standard InChI is InChI=1S/C16H16N2O2/c1-11-14(6-8-20-11)10-18(2)16(19)13-3-4-15-12(9-13)5-7-17-15/h3-9,17H,10H2,1-2H3. The fraction of sp³-hybridized carbons (Fsp3) is 0.188. The molecule has 0 radical (unpaired) electrons. The molecular weight excluding hydrogens is 252 g/mol. The Morgan fingerprint density at radius 1 is 1.30 bits per heavy atom. The smallest absolute Gasteiger partial charge is 0.253 e. The van der Waals surface area contributed by atoms with Gasteiger partial charge in [-0.25, -0.2) is 0 Å². The normalized spacial score (nSPS) is 10.9. The lowest BCUT2D eigenvalue weighted by Crippen LogP contribution is -2.26. The number of rotatable bonds is 3. The number of fused-ring (bicyclic) bond motifs is 1. The molecule has 20 heavy (non-hydrogen) atoms. The molecule has 4 nitrogen and oxygen atoms in total. The second-order valence-corrected chi connectivity index (χ2v) is 4.94. The van der Waals surface area contributed by atoms with Gasteiger partial charge < -0.3 is 14.3 Å². The first-order valence-corrected chi connectivity index (χ1v) is 6.51. The summed E-state index contributed by atoms with van der Waals surface area (Å²) < 4.78 is 5.26. The third-order valence-electron chi connectivity index (χ3n) is 3.52. The van der Waals surface area contributed by atoms with Gasteiger partial charge in [-0.05, 0) is 37.3 Å². The van der Waals surface area contributed by atoms with E-state index >= 15 is 0 Å². The third kappa shape index (κ3) is 2.20. The molecule has 2 aromatic heterocycles. The Morgan fingerprint density at radius 3 is 2.90 bits per heavy atom. The van der Waals surface area contributed by atoms with Crippen LogP contribution in [0.3, 0.4) is 0 Å². The summed E-state index contributed by atoms with van der Waals surface area (Å²) >= 11 is 0. The Morgan fingerprint density at radius 2 is 2.15 bits per heavy atom. The Bertz CT molecular complexity index is 755. The molecule has 0 saturated carbocycles. The Labute approximate surface area is 117 Å². The maximum absolute atomic E-state index is 12.4. The first-order chi connectivity index (χ1) is 9.65. The van der Waals surface area contributed by atoms with Gasteiger partial charge in [-0.15, -0.1) is 0 Å². The van der Waals surface area contributed by atoms with Crippen LogP contribution in [0.5, 0.6) is 0 Å². The van der Waals surface area contributed by atoms with Gasteiger partial charge in [0.05, 0.1) is 6.26 Å². The van der Waals surface area contributed by atoms with Crippen LogP contribution < -0.4 is 0 Å². The molecule has 3 rings (SSSR count). The van der Waals surface area contributed by atoms with Crippen molar-refractivity contribution in [3.8, 4) is 0 Å². The zero-order chi connectivity index (χ0) is 14.1. The van der Waals surface area contributed by atoms with Crippen molar-refractivity contribution in [2.75, 3.05) is 7.05 Å². The van der Waals surface area contributed by atoms with Gasteiger partial charge >= 0.3 is 0 Å². The van der Waals surface area contributed by atoms with E-state index in [4.69, 9.17) is 4.42 Å². The second-order valence-electron chi connectivity index (χ2n) is 4.94. The van der Waals surface area contributed by atoms with Crippen LogP contribution in [0.25, 0.3) is 10.9 Å². The number of aryl methyl sites for hydroxylation is 1. The molecule has 2 heterocycles. The van der Waals surface area contributed by atoms with E-state index in [1.165, 1.54) is 0 Å². The summed E-state index contributed by atoms with van der Waals surface area (Å²) in [5, 5.41) is 1.05. The molecule has 0 aliphatic heterocycles. The van der Waals surface area contributed by atoms with E-state index in [0.29, 0.717) is 12.1 Å². The average molecular weight is 268 g/mol. The molecule has 0 atom stereocenters. The molecular formula is C16H16N2O2. The van der Waals surface area contributed by atoms with Gasteiger partial charge in [-0.1, -0.05) is 0 Å². The maximum atomic E-state index is 12.4. The van der Waals surface area contributed by atoms with Crippen molar-refractivity contribution in [3.63, 3.8) is 0 Å². The first kappa shape index (κ1) is 12.5. The first-order valence-electron chi connectivity index (χ1n) is 6.51. The number of nitrogens with one attached hydrogen (secondary N) is 1. The fourth-order valence-electron chi connectivity index (χ4n) is 2.31. The highest BCUT2D eigenvalue weighted by Crippen LogP contribution is 2.17. The van der Waals surface area contributed by atoms with Crippen molar-refractivity contribution in [1.82, 2.24) is 9.88 Å². The predicted octanol–water partition coefficient (Wildman–Crippen LogP) is 3.34. The summed E-state index contributed by atoms with van der Waals surface area (Å²) in [6.07, 6.45) is 3.52. The Balaban J connectivity index is 1.82. The summed E-state index contributed by atoms with van der Waals surface area (Å²) in [7, 11) is 1.80. The molecule has 0 unspecified atom stereocenters. The summed E-state index contributed by atoms with van der Waals surface area (Å²) in [5.41, 5.74) is 2.76. The van der Waals surface area contributed by atoms with Crippen molar-refractivity contribution < 1.29 is 9.21 Å². The number of benzene rings is 1. The van der Waals surface area contributed by atoms with Crippen LogP contribution in [0, 0.1) is 6.92 Å². The number of H-pyrrole nitrogens is 1. The Kier molecular flexibility index (Phi) is 3.06. The van der Waals surface area contributed by atoms with Crippen molar-refractivity contribution in [2.24, 2.45) is 0 Å². The molecule has 4 heteroatoms. The number of amides is 1. The second kappa shape index (κ2) is 4.89. The van der Waals surface area contributed by atoms with E-state index in [2.05, 4.69) is 4.98 Å². The topological polar surface area (TPSA) is 49.2 Å². The average Bonchev–Trinajstić information content (AvgIpc) is 3.06. The van der Waals surface area contributed by atoms with Gasteiger partial charge in [0.15, 0.2) is 0 Å².